The Labute approximate surface area is 240 Å². The molecule has 0 radical (unpaired) electrons. The van der Waals surface area contributed by atoms with Crippen molar-refractivity contribution in [1.82, 2.24) is 0 Å². The molecule has 6 atom stereocenters. The van der Waals surface area contributed by atoms with Crippen LogP contribution in [0, 0.1) is 0 Å². The van der Waals surface area contributed by atoms with Gasteiger partial charge in [0.2, 0.25) is 0 Å². The zero-order valence-electron chi connectivity index (χ0n) is 22.3. The van der Waals surface area contributed by atoms with E-state index in [1.165, 1.54) is 0 Å². The lowest BCUT2D eigenvalue weighted by atomic mass is 10.00. The van der Waals surface area contributed by atoms with Crippen molar-refractivity contribution in [2.75, 3.05) is 6.61 Å². The molecule has 4 aromatic carbocycles. The van der Waals surface area contributed by atoms with Crippen molar-refractivity contribution in [3.05, 3.63) is 138 Å². The summed E-state index contributed by atoms with van der Waals surface area (Å²) in [5.41, 5.74) is 3.09. The van der Waals surface area contributed by atoms with E-state index in [2.05, 4.69) is 48.5 Å². The molecule has 4 aromatic rings. The van der Waals surface area contributed by atoms with Crippen LogP contribution in [0.4, 0.5) is 0 Å². The molecule has 40 heavy (non-hydrogen) atoms. The Kier molecular flexibility index (Phi) is 9.25. The molecule has 0 unspecified atom stereocenters. The minimum atomic E-state index is -0.332. The fourth-order valence-corrected chi connectivity index (χ4v) is 6.33. The first kappa shape index (κ1) is 27.2. The molecule has 2 heterocycles. The predicted octanol–water partition coefficient (Wildman–Crippen LogP) is 6.66. The van der Waals surface area contributed by atoms with Crippen molar-refractivity contribution in [3.8, 4) is 0 Å². The van der Waals surface area contributed by atoms with Gasteiger partial charge in [0.05, 0.1) is 26.4 Å². The van der Waals surface area contributed by atoms with Gasteiger partial charge in [0.15, 0.2) is 0 Å². The Morgan fingerprint density at radius 3 is 1.60 bits per heavy atom. The van der Waals surface area contributed by atoms with E-state index in [0.29, 0.717) is 26.4 Å². The van der Waals surface area contributed by atoms with Crippen molar-refractivity contribution < 1.29 is 23.7 Å². The smallest absolute Gasteiger partial charge is 0.137 e. The van der Waals surface area contributed by atoms with Crippen LogP contribution in [0.15, 0.2) is 126 Å². The van der Waals surface area contributed by atoms with Crippen LogP contribution in [0.2, 0.25) is 0 Å². The van der Waals surface area contributed by atoms with Gasteiger partial charge in [-0.05, 0) is 28.8 Å². The number of ether oxygens (including phenoxy) is 5. The molecule has 2 fully saturated rings. The van der Waals surface area contributed by atoms with E-state index in [1.807, 2.05) is 72.8 Å². The molecule has 6 rings (SSSR count). The quantitative estimate of drug-likeness (QED) is 0.195. The SMILES string of the molecule is c1ccc(COC[C@H]2O[C@H]3[C@H](OCc4ccccc4)[C@@H]2O[C@H](Sc2ccccc2)[C@H]3OCc2ccccc2)cc1. The molecule has 5 nitrogen and oxygen atoms in total. The fourth-order valence-electron chi connectivity index (χ4n) is 5.20. The van der Waals surface area contributed by atoms with Gasteiger partial charge in [0, 0.05) is 4.90 Å². The minimum absolute atomic E-state index is 0.253. The van der Waals surface area contributed by atoms with E-state index in [4.69, 9.17) is 23.7 Å². The molecule has 2 aliphatic rings. The predicted molar refractivity (Wildman–Crippen MR) is 156 cm³/mol. The maximum absolute atomic E-state index is 6.81. The molecular weight excluding hydrogens is 520 g/mol. The van der Waals surface area contributed by atoms with Gasteiger partial charge in [0.1, 0.15) is 36.0 Å². The van der Waals surface area contributed by atoms with E-state index in [9.17, 15) is 0 Å². The van der Waals surface area contributed by atoms with Crippen LogP contribution in [0.1, 0.15) is 16.7 Å². The topological polar surface area (TPSA) is 46.2 Å². The summed E-state index contributed by atoms with van der Waals surface area (Å²) < 4.78 is 32.8. The summed E-state index contributed by atoms with van der Waals surface area (Å²) in [5.74, 6) is 0. The number of thioether (sulfide) groups is 1. The monoisotopic (exact) mass is 554 g/mol. The number of hydrogen-bond acceptors (Lipinski definition) is 6. The van der Waals surface area contributed by atoms with Gasteiger partial charge in [-0.2, -0.15) is 0 Å². The molecule has 0 saturated carbocycles. The van der Waals surface area contributed by atoms with Gasteiger partial charge < -0.3 is 23.7 Å². The van der Waals surface area contributed by atoms with E-state index >= 15 is 0 Å². The van der Waals surface area contributed by atoms with Crippen molar-refractivity contribution >= 4 is 11.8 Å². The normalized spacial score (nSPS) is 25.6. The summed E-state index contributed by atoms with van der Waals surface area (Å²) in [6, 6.07) is 40.9. The van der Waals surface area contributed by atoms with Gasteiger partial charge in [-0.1, -0.05) is 121 Å². The molecule has 0 aliphatic carbocycles. The third kappa shape index (κ3) is 6.84. The van der Waals surface area contributed by atoms with Gasteiger partial charge in [0.25, 0.3) is 0 Å². The van der Waals surface area contributed by atoms with Crippen LogP contribution in [0.25, 0.3) is 0 Å². The number of hydrogen-bond donors (Lipinski definition) is 0. The molecule has 2 aliphatic heterocycles. The lowest BCUT2D eigenvalue weighted by molar-refractivity contribution is -0.182. The van der Waals surface area contributed by atoms with Gasteiger partial charge in [-0.25, -0.2) is 0 Å². The largest absolute Gasteiger partial charge is 0.374 e. The Balaban J connectivity index is 1.22. The molecule has 0 spiro atoms. The third-order valence-electron chi connectivity index (χ3n) is 7.19. The highest BCUT2D eigenvalue weighted by molar-refractivity contribution is 7.99. The van der Waals surface area contributed by atoms with E-state index in [0.717, 1.165) is 21.6 Å². The van der Waals surface area contributed by atoms with Crippen LogP contribution in [0.5, 0.6) is 0 Å². The zero-order chi connectivity index (χ0) is 27.0. The Morgan fingerprint density at radius 1 is 0.525 bits per heavy atom. The van der Waals surface area contributed by atoms with Crippen molar-refractivity contribution in [3.63, 3.8) is 0 Å². The summed E-state index contributed by atoms with van der Waals surface area (Å²) in [4.78, 5) is 1.13. The summed E-state index contributed by atoms with van der Waals surface area (Å²) in [6.07, 6.45) is -1.45. The molecule has 0 amide bonds. The molecular formula is C34H34O5S. The summed E-state index contributed by atoms with van der Waals surface area (Å²) in [7, 11) is 0. The molecule has 206 valence electrons. The molecule has 2 saturated heterocycles. The Hall–Kier alpha value is -2.97. The first-order chi connectivity index (χ1) is 19.8. The molecule has 0 N–H and O–H groups in total. The maximum Gasteiger partial charge on any atom is 0.137 e. The minimum Gasteiger partial charge on any atom is -0.374 e. The zero-order valence-corrected chi connectivity index (χ0v) is 23.1. The highest BCUT2D eigenvalue weighted by Crippen LogP contribution is 2.43. The second-order valence-electron chi connectivity index (χ2n) is 10.1. The van der Waals surface area contributed by atoms with Crippen LogP contribution >= 0.6 is 11.8 Å². The second-order valence-corrected chi connectivity index (χ2v) is 11.2. The van der Waals surface area contributed by atoms with Crippen LogP contribution < -0.4 is 0 Å². The van der Waals surface area contributed by atoms with Gasteiger partial charge >= 0.3 is 0 Å². The Bertz CT molecular complexity index is 1290. The molecule has 2 bridgehead atoms. The average molecular weight is 555 g/mol. The van der Waals surface area contributed by atoms with Gasteiger partial charge in [-0.15, -0.1) is 0 Å². The van der Waals surface area contributed by atoms with E-state index in [-0.39, 0.29) is 36.0 Å². The summed E-state index contributed by atoms with van der Waals surface area (Å²) in [6.45, 7) is 1.87. The third-order valence-corrected chi connectivity index (χ3v) is 8.34. The Morgan fingerprint density at radius 2 is 1.02 bits per heavy atom. The van der Waals surface area contributed by atoms with E-state index in [1.54, 1.807) is 11.8 Å². The first-order valence-electron chi connectivity index (χ1n) is 13.8. The second kappa shape index (κ2) is 13.6. The molecule has 6 heteroatoms. The number of fused-ring (bicyclic) bond motifs is 2. The van der Waals surface area contributed by atoms with Crippen LogP contribution in [0.3, 0.4) is 0 Å². The van der Waals surface area contributed by atoms with Crippen molar-refractivity contribution in [2.45, 2.75) is 60.7 Å². The first-order valence-corrected chi connectivity index (χ1v) is 14.7. The van der Waals surface area contributed by atoms with Crippen molar-refractivity contribution in [2.24, 2.45) is 0 Å². The average Bonchev–Trinajstić information content (AvgIpc) is 3.26. The number of rotatable bonds is 12. The van der Waals surface area contributed by atoms with Crippen LogP contribution in [-0.2, 0) is 43.5 Å². The fraction of sp³-hybridized carbons (Fsp3) is 0.294. The summed E-state index contributed by atoms with van der Waals surface area (Å²) in [5, 5.41) is 0. The van der Waals surface area contributed by atoms with E-state index < -0.39 is 0 Å². The standard InChI is InChI=1S/C34H34O5S/c1-5-13-25(14-6-1)21-35-24-29-30-31(36-22-26-15-7-2-8-16-26)32(38-29)33(37-23-27-17-9-3-10-18-27)34(39-30)40-28-19-11-4-12-20-28/h1-20,29-34H,21-24H2/t29-,30-,31-,32+,33+,34-/m1/s1. The lowest BCUT2D eigenvalue weighted by Gasteiger charge is -2.39. The lowest BCUT2D eigenvalue weighted by Crippen LogP contribution is -2.54. The maximum atomic E-state index is 6.81. The van der Waals surface area contributed by atoms with Gasteiger partial charge in [-0.3, -0.25) is 0 Å². The van der Waals surface area contributed by atoms with Crippen molar-refractivity contribution in [1.29, 1.82) is 0 Å². The highest BCUT2D eigenvalue weighted by atomic mass is 32.2. The number of benzene rings is 4. The highest BCUT2D eigenvalue weighted by Gasteiger charge is 2.57. The molecule has 0 aromatic heterocycles. The van der Waals surface area contributed by atoms with Crippen LogP contribution in [-0.4, -0.2) is 42.6 Å². The summed E-state index contributed by atoms with van der Waals surface area (Å²) >= 11 is 1.67.